The van der Waals surface area contributed by atoms with Gasteiger partial charge in [-0.3, -0.25) is 0 Å². The fourth-order valence-electron chi connectivity index (χ4n) is 2.63. The second-order valence-corrected chi connectivity index (χ2v) is 5.61. The van der Waals surface area contributed by atoms with E-state index in [0.29, 0.717) is 12.0 Å². The predicted octanol–water partition coefficient (Wildman–Crippen LogP) is 2.66. The first kappa shape index (κ1) is 14.1. The van der Waals surface area contributed by atoms with Crippen LogP contribution in [0.15, 0.2) is 18.2 Å². The van der Waals surface area contributed by atoms with Gasteiger partial charge in [0.15, 0.2) is 0 Å². The molecule has 0 amide bonds. The molecule has 0 bridgehead atoms. The molecule has 0 radical (unpaired) electrons. The lowest BCUT2D eigenvalue weighted by molar-refractivity contribution is 0.206. The molecule has 0 saturated carbocycles. The van der Waals surface area contributed by atoms with Crippen molar-refractivity contribution >= 4 is 11.6 Å². The number of hydrogen-bond donors (Lipinski definition) is 2. The summed E-state index contributed by atoms with van der Waals surface area (Å²) in [6, 6.07) is 6.68. The van der Waals surface area contributed by atoms with Gasteiger partial charge in [-0.25, -0.2) is 4.98 Å². The summed E-state index contributed by atoms with van der Waals surface area (Å²) in [7, 11) is 2.19. The second-order valence-electron chi connectivity index (χ2n) is 5.61. The Labute approximate surface area is 116 Å². The van der Waals surface area contributed by atoms with Crippen LogP contribution in [0, 0.1) is 5.92 Å². The van der Waals surface area contributed by atoms with Gasteiger partial charge in [-0.2, -0.15) is 0 Å². The number of nitrogens with one attached hydrogen (secondary N) is 2. The third-order valence-electron chi connectivity index (χ3n) is 3.75. The summed E-state index contributed by atoms with van der Waals surface area (Å²) in [5.74, 6) is 2.61. The summed E-state index contributed by atoms with van der Waals surface area (Å²) in [5, 5.41) is 6.92. The van der Waals surface area contributed by atoms with Crippen LogP contribution in [0.3, 0.4) is 0 Å². The molecule has 1 aromatic rings. The smallest absolute Gasteiger partial charge is 0.128 e. The van der Waals surface area contributed by atoms with Crippen molar-refractivity contribution in [3.63, 3.8) is 0 Å². The molecule has 1 aromatic heterocycles. The van der Waals surface area contributed by atoms with Crippen molar-refractivity contribution in [1.29, 1.82) is 0 Å². The first-order valence-electron chi connectivity index (χ1n) is 7.35. The van der Waals surface area contributed by atoms with Gasteiger partial charge >= 0.3 is 0 Å². The lowest BCUT2D eigenvalue weighted by atomic mass is 9.94. The average Bonchev–Trinajstić information content (AvgIpc) is 2.40. The van der Waals surface area contributed by atoms with Crippen LogP contribution in [0.25, 0.3) is 0 Å². The van der Waals surface area contributed by atoms with E-state index in [9.17, 15) is 0 Å². The summed E-state index contributed by atoms with van der Waals surface area (Å²) in [4.78, 5) is 7.02. The van der Waals surface area contributed by atoms with Crippen LogP contribution in [0.5, 0.6) is 0 Å². The first-order chi connectivity index (χ1) is 9.19. The fourth-order valence-corrected chi connectivity index (χ4v) is 2.63. The van der Waals surface area contributed by atoms with Crippen molar-refractivity contribution in [2.45, 2.75) is 32.7 Å². The van der Waals surface area contributed by atoms with Gasteiger partial charge in [0.1, 0.15) is 11.6 Å². The number of likely N-dealkylation sites (tertiary alicyclic amines) is 1. The van der Waals surface area contributed by atoms with E-state index in [1.165, 1.54) is 6.42 Å². The van der Waals surface area contributed by atoms with Crippen molar-refractivity contribution < 1.29 is 0 Å². The number of nitrogens with zero attached hydrogens (tertiary/aromatic N) is 2. The topological polar surface area (TPSA) is 40.2 Å². The zero-order valence-electron chi connectivity index (χ0n) is 12.3. The zero-order valence-corrected chi connectivity index (χ0v) is 12.3. The van der Waals surface area contributed by atoms with Gasteiger partial charge < -0.3 is 15.5 Å². The lowest BCUT2D eigenvalue weighted by Gasteiger charge is -2.35. The molecular weight excluding hydrogens is 236 g/mol. The summed E-state index contributed by atoms with van der Waals surface area (Å²) in [6.45, 7) is 7.77. The van der Waals surface area contributed by atoms with Crippen LogP contribution >= 0.6 is 0 Å². The molecule has 0 spiro atoms. The van der Waals surface area contributed by atoms with E-state index >= 15 is 0 Å². The lowest BCUT2D eigenvalue weighted by Crippen LogP contribution is -2.43. The first-order valence-corrected chi connectivity index (χ1v) is 7.35. The van der Waals surface area contributed by atoms with Crippen LogP contribution in [-0.2, 0) is 0 Å². The Bertz CT molecular complexity index is 393. The minimum absolute atomic E-state index is 0.533. The number of aromatic nitrogens is 1. The van der Waals surface area contributed by atoms with E-state index < -0.39 is 0 Å². The Morgan fingerprint density at radius 3 is 2.89 bits per heavy atom. The van der Waals surface area contributed by atoms with Crippen molar-refractivity contribution in [2.75, 3.05) is 37.3 Å². The Morgan fingerprint density at radius 1 is 1.37 bits per heavy atom. The maximum absolute atomic E-state index is 4.62. The average molecular weight is 262 g/mol. The predicted molar refractivity (Wildman–Crippen MR) is 81.7 cm³/mol. The molecule has 0 aliphatic carbocycles. The molecule has 2 unspecified atom stereocenters. The van der Waals surface area contributed by atoms with Gasteiger partial charge in [0.2, 0.25) is 0 Å². The van der Waals surface area contributed by atoms with Crippen LogP contribution in [0.4, 0.5) is 11.6 Å². The maximum atomic E-state index is 4.62. The van der Waals surface area contributed by atoms with E-state index in [2.05, 4.69) is 53.5 Å². The van der Waals surface area contributed by atoms with E-state index in [4.69, 9.17) is 0 Å². The number of piperidine rings is 1. The Kier molecular flexibility index (Phi) is 5.02. The molecule has 1 saturated heterocycles. The van der Waals surface area contributed by atoms with E-state index in [0.717, 1.165) is 37.7 Å². The molecule has 4 heteroatoms. The maximum Gasteiger partial charge on any atom is 0.128 e. The molecule has 2 rings (SSSR count). The van der Waals surface area contributed by atoms with Crippen LogP contribution < -0.4 is 10.6 Å². The van der Waals surface area contributed by atoms with E-state index in [-0.39, 0.29) is 0 Å². The van der Waals surface area contributed by atoms with Crippen LogP contribution in [0.2, 0.25) is 0 Å². The normalized spacial score (nSPS) is 24.2. The summed E-state index contributed by atoms with van der Waals surface area (Å²) < 4.78 is 0. The van der Waals surface area contributed by atoms with Gasteiger partial charge in [0, 0.05) is 19.1 Å². The van der Waals surface area contributed by atoms with Gasteiger partial charge in [-0.1, -0.05) is 19.9 Å². The highest BCUT2D eigenvalue weighted by Gasteiger charge is 2.24. The third-order valence-corrected chi connectivity index (χ3v) is 3.75. The molecule has 2 atom stereocenters. The van der Waals surface area contributed by atoms with Crippen molar-refractivity contribution in [3.05, 3.63) is 18.2 Å². The highest BCUT2D eigenvalue weighted by Crippen LogP contribution is 2.20. The zero-order chi connectivity index (χ0) is 13.7. The van der Waals surface area contributed by atoms with E-state index in [1.807, 2.05) is 6.07 Å². The quantitative estimate of drug-likeness (QED) is 0.856. The van der Waals surface area contributed by atoms with Gasteiger partial charge in [0.05, 0.1) is 0 Å². The highest BCUT2D eigenvalue weighted by atomic mass is 15.1. The minimum Gasteiger partial charge on any atom is -0.370 e. The number of hydrogen-bond acceptors (Lipinski definition) is 4. The molecule has 2 N–H and O–H groups in total. The highest BCUT2D eigenvalue weighted by molar-refractivity contribution is 5.45. The fraction of sp³-hybridized carbons (Fsp3) is 0.667. The van der Waals surface area contributed by atoms with Gasteiger partial charge in [-0.15, -0.1) is 0 Å². The Hall–Kier alpha value is -1.29. The van der Waals surface area contributed by atoms with Crippen molar-refractivity contribution in [3.8, 4) is 0 Å². The van der Waals surface area contributed by atoms with Crippen molar-refractivity contribution in [1.82, 2.24) is 9.88 Å². The number of anilines is 2. The molecule has 1 fully saturated rings. The molecule has 2 heterocycles. The van der Waals surface area contributed by atoms with Gasteiger partial charge in [-0.05, 0) is 44.5 Å². The van der Waals surface area contributed by atoms with Crippen LogP contribution in [-0.4, -0.2) is 42.6 Å². The summed E-state index contributed by atoms with van der Waals surface area (Å²) >= 11 is 0. The standard InChI is InChI=1S/C15H26N4/c1-4-9-16-14-6-5-7-15(18-14)17-13-8-10-19(3)11-12(13)2/h5-7,12-13H,4,8-11H2,1-3H3,(H2,16,17,18). The summed E-state index contributed by atoms with van der Waals surface area (Å²) in [5.41, 5.74) is 0. The second kappa shape index (κ2) is 6.75. The molecule has 1 aliphatic rings. The molecule has 0 aromatic carbocycles. The molecule has 1 aliphatic heterocycles. The largest absolute Gasteiger partial charge is 0.370 e. The molecular formula is C15H26N4. The molecule has 106 valence electrons. The molecule has 19 heavy (non-hydrogen) atoms. The van der Waals surface area contributed by atoms with E-state index in [1.54, 1.807) is 0 Å². The monoisotopic (exact) mass is 262 g/mol. The Morgan fingerprint density at radius 2 is 2.16 bits per heavy atom. The molecule has 4 nitrogen and oxygen atoms in total. The number of rotatable bonds is 5. The van der Waals surface area contributed by atoms with Crippen molar-refractivity contribution in [2.24, 2.45) is 5.92 Å². The summed E-state index contributed by atoms with van der Waals surface area (Å²) in [6.07, 6.45) is 2.30. The van der Waals surface area contributed by atoms with Crippen LogP contribution in [0.1, 0.15) is 26.7 Å². The van der Waals surface area contributed by atoms with Gasteiger partial charge in [0.25, 0.3) is 0 Å². The third kappa shape index (κ3) is 4.10. The SMILES string of the molecule is CCCNc1cccc(NC2CCN(C)CC2C)n1. The minimum atomic E-state index is 0.533. The Balaban J connectivity index is 1.94. The number of pyridine rings is 1.